The Labute approximate surface area is 269 Å². The van der Waals surface area contributed by atoms with Gasteiger partial charge in [-0.2, -0.15) is 4.39 Å². The van der Waals surface area contributed by atoms with Crippen molar-refractivity contribution in [3.8, 4) is 17.0 Å². The van der Waals surface area contributed by atoms with E-state index in [9.17, 15) is 23.2 Å². The second kappa shape index (κ2) is 15.1. The molecule has 3 aromatic rings. The van der Waals surface area contributed by atoms with Crippen LogP contribution in [-0.4, -0.2) is 88.5 Å². The molecule has 5 rings (SSSR count). The minimum absolute atomic E-state index is 0.0487. The van der Waals surface area contributed by atoms with Crippen molar-refractivity contribution in [1.29, 1.82) is 0 Å². The highest BCUT2D eigenvalue weighted by Crippen LogP contribution is 2.31. The van der Waals surface area contributed by atoms with Gasteiger partial charge >= 0.3 is 0 Å². The van der Waals surface area contributed by atoms with Crippen LogP contribution >= 0.6 is 11.6 Å². The molecule has 2 fully saturated rings. The van der Waals surface area contributed by atoms with Crippen LogP contribution in [0, 0.1) is 23.5 Å². The van der Waals surface area contributed by atoms with E-state index in [0.29, 0.717) is 44.1 Å². The molecule has 4 N–H and O–H groups in total. The van der Waals surface area contributed by atoms with Crippen molar-refractivity contribution in [2.24, 2.45) is 24.6 Å². The number of nitrogens with zero attached hydrogens (tertiary/aromatic N) is 4. The Morgan fingerprint density at radius 1 is 1.13 bits per heavy atom. The van der Waals surface area contributed by atoms with Gasteiger partial charge in [0.2, 0.25) is 11.7 Å². The lowest BCUT2D eigenvalue weighted by molar-refractivity contribution is -0.143. The van der Waals surface area contributed by atoms with Crippen LogP contribution in [0.25, 0.3) is 11.3 Å². The molecule has 2 aromatic carbocycles. The maximum absolute atomic E-state index is 14.6. The van der Waals surface area contributed by atoms with Crippen LogP contribution in [0.5, 0.6) is 5.75 Å². The van der Waals surface area contributed by atoms with Gasteiger partial charge in [0.1, 0.15) is 0 Å². The molecule has 46 heavy (non-hydrogen) atoms. The Morgan fingerprint density at radius 2 is 1.80 bits per heavy atom. The predicted octanol–water partition coefficient (Wildman–Crippen LogP) is 3.64. The third-order valence-electron chi connectivity index (χ3n) is 8.17. The second-order valence-electron chi connectivity index (χ2n) is 11.0. The number of rotatable bonds is 8. The lowest BCUT2D eigenvalue weighted by Gasteiger charge is -2.42. The molecule has 3 heterocycles. The van der Waals surface area contributed by atoms with Crippen molar-refractivity contribution >= 4 is 41.5 Å². The molecular weight excluding hydrogens is 626 g/mol. The van der Waals surface area contributed by atoms with Crippen LogP contribution in [0.3, 0.4) is 0 Å². The van der Waals surface area contributed by atoms with Gasteiger partial charge < -0.3 is 35.3 Å². The van der Waals surface area contributed by atoms with Gasteiger partial charge in [-0.05, 0) is 62.1 Å². The lowest BCUT2D eigenvalue weighted by Crippen LogP contribution is -2.54. The average Bonchev–Trinajstić information content (AvgIpc) is 3.41. The third kappa shape index (κ3) is 7.29. The Kier molecular flexibility index (Phi) is 11.3. The number of piperidine rings is 1. The molecule has 0 atom stereocenters. The largest absolute Gasteiger partial charge is 0.494 e. The molecule has 2 saturated heterocycles. The van der Waals surface area contributed by atoms with Crippen LogP contribution < -0.4 is 15.8 Å². The second-order valence-corrected chi connectivity index (χ2v) is 11.4. The first-order valence-corrected chi connectivity index (χ1v) is 14.9. The molecule has 0 unspecified atom stereocenters. The van der Waals surface area contributed by atoms with E-state index in [0.717, 1.165) is 19.5 Å². The number of carbonyl (C=O) groups is 4. The maximum Gasteiger partial charge on any atom is 0.291 e. The van der Waals surface area contributed by atoms with Crippen LogP contribution in [0.1, 0.15) is 40.2 Å². The van der Waals surface area contributed by atoms with E-state index in [1.807, 2.05) is 4.90 Å². The van der Waals surface area contributed by atoms with Crippen LogP contribution in [0.4, 0.5) is 14.5 Å². The summed E-state index contributed by atoms with van der Waals surface area (Å²) in [6.07, 6.45) is 3.38. The minimum Gasteiger partial charge on any atom is -0.494 e. The molecule has 0 saturated carbocycles. The fourth-order valence-corrected chi connectivity index (χ4v) is 5.90. The van der Waals surface area contributed by atoms with Crippen molar-refractivity contribution in [3.63, 3.8) is 0 Å². The summed E-state index contributed by atoms with van der Waals surface area (Å²) in [5.41, 5.74) is 6.32. The van der Waals surface area contributed by atoms with E-state index >= 15 is 0 Å². The lowest BCUT2D eigenvalue weighted by atomic mass is 9.90. The summed E-state index contributed by atoms with van der Waals surface area (Å²) < 4.78 is 35.0. The van der Waals surface area contributed by atoms with Gasteiger partial charge in [0.25, 0.3) is 18.3 Å². The zero-order valence-electron chi connectivity index (χ0n) is 25.3. The molecule has 2 aliphatic heterocycles. The standard InChI is InChI=1S/C30H33ClF2N6O4.CH2O2/c1-37-23(21-5-6-24(43-2)26(33)25(21)32)14-35-27(37)28(40)36-19-3-4-20(22(31)13-19)30(42)38-11-8-18(9-12-38)29(41)39-15-17(16-39)7-10-34;2-1-3/h3-6,13-14,17-18H,7-12,15-16,34H2,1-2H3,(H,36,40);1H,(H,2,3). The monoisotopic (exact) mass is 660 g/mol. The average molecular weight is 661 g/mol. The summed E-state index contributed by atoms with van der Waals surface area (Å²) in [6.45, 7) is 2.80. The number of hydrogen-bond acceptors (Lipinski definition) is 7. The van der Waals surface area contributed by atoms with E-state index in [4.69, 9.17) is 32.0 Å². The first-order chi connectivity index (χ1) is 22.0. The maximum atomic E-state index is 14.6. The fourth-order valence-electron chi connectivity index (χ4n) is 5.64. The first-order valence-electron chi connectivity index (χ1n) is 14.5. The molecule has 0 radical (unpaired) electrons. The number of imidazole rings is 1. The Morgan fingerprint density at radius 3 is 2.41 bits per heavy atom. The highest BCUT2D eigenvalue weighted by atomic mass is 35.5. The van der Waals surface area contributed by atoms with Gasteiger partial charge in [-0.3, -0.25) is 19.2 Å². The van der Waals surface area contributed by atoms with Crippen molar-refractivity contribution in [2.45, 2.75) is 19.3 Å². The topological polar surface area (TPSA) is 160 Å². The highest BCUT2D eigenvalue weighted by molar-refractivity contribution is 6.34. The normalized spacial score (nSPS) is 15.0. The number of benzene rings is 2. The van der Waals surface area contributed by atoms with Gasteiger partial charge in [0.15, 0.2) is 17.4 Å². The third-order valence-corrected chi connectivity index (χ3v) is 8.48. The van der Waals surface area contributed by atoms with Gasteiger partial charge in [0, 0.05) is 50.4 Å². The van der Waals surface area contributed by atoms with Crippen LogP contribution in [0.2, 0.25) is 5.02 Å². The molecule has 0 spiro atoms. The number of halogens is 3. The summed E-state index contributed by atoms with van der Waals surface area (Å²) in [4.78, 5) is 55.0. The van der Waals surface area contributed by atoms with E-state index in [1.54, 1.807) is 11.0 Å². The van der Waals surface area contributed by atoms with Gasteiger partial charge in [-0.25, -0.2) is 9.37 Å². The summed E-state index contributed by atoms with van der Waals surface area (Å²) in [7, 11) is 2.74. The number of ether oxygens (including phenoxy) is 1. The number of aromatic nitrogens is 2. The van der Waals surface area contributed by atoms with Crippen molar-refractivity contribution in [3.05, 3.63) is 64.6 Å². The number of nitrogens with two attached hydrogens (primary N) is 1. The Balaban J connectivity index is 0.00000154. The van der Waals surface area contributed by atoms with E-state index < -0.39 is 17.5 Å². The first kappa shape index (κ1) is 34.3. The molecular formula is C31H35ClF2N6O6. The van der Waals surface area contributed by atoms with Crippen molar-refractivity contribution < 1.29 is 37.8 Å². The quantitative estimate of drug-likeness (QED) is 0.309. The summed E-state index contributed by atoms with van der Waals surface area (Å²) in [6, 6.07) is 7.19. The van der Waals surface area contributed by atoms with Gasteiger partial charge in [-0.15, -0.1) is 0 Å². The van der Waals surface area contributed by atoms with Crippen molar-refractivity contribution in [2.75, 3.05) is 45.2 Å². The number of carbonyl (C=O) groups excluding carboxylic acids is 3. The van der Waals surface area contributed by atoms with Crippen molar-refractivity contribution in [1.82, 2.24) is 19.4 Å². The highest BCUT2D eigenvalue weighted by Gasteiger charge is 2.36. The zero-order chi connectivity index (χ0) is 33.5. The van der Waals surface area contributed by atoms with Gasteiger partial charge in [0.05, 0.1) is 29.6 Å². The smallest absolute Gasteiger partial charge is 0.291 e. The zero-order valence-corrected chi connectivity index (χ0v) is 26.1. The Hall–Kier alpha value is -4.56. The number of hydrogen-bond donors (Lipinski definition) is 3. The number of anilines is 1. The van der Waals surface area contributed by atoms with Crippen LogP contribution in [0.15, 0.2) is 36.5 Å². The van der Waals surface area contributed by atoms with Crippen LogP contribution in [-0.2, 0) is 16.6 Å². The molecule has 246 valence electrons. The summed E-state index contributed by atoms with van der Waals surface area (Å²) in [5.74, 6) is -2.86. The molecule has 15 heteroatoms. The number of carboxylic acid groups (broad SMARTS) is 1. The molecule has 3 amide bonds. The molecule has 0 bridgehead atoms. The molecule has 1 aromatic heterocycles. The fraction of sp³-hybridized carbons (Fsp3) is 0.387. The molecule has 0 aliphatic carbocycles. The van der Waals surface area contributed by atoms with E-state index in [1.165, 1.54) is 49.2 Å². The summed E-state index contributed by atoms with van der Waals surface area (Å²) >= 11 is 6.45. The Bertz CT molecular complexity index is 1600. The summed E-state index contributed by atoms with van der Waals surface area (Å²) in [5, 5.41) is 9.72. The molecule has 12 nitrogen and oxygen atoms in total. The number of nitrogens with one attached hydrogen (secondary N) is 1. The predicted molar refractivity (Wildman–Crippen MR) is 166 cm³/mol. The minimum atomic E-state index is -1.14. The van der Waals surface area contributed by atoms with E-state index in [-0.39, 0.29) is 57.6 Å². The SMILES string of the molecule is COc1ccc(-c2cnc(C(=O)Nc3ccc(C(=O)N4CCC(C(=O)N5CC(CCN)C5)CC4)c(Cl)c3)n2C)c(F)c1F.O=CO. The number of likely N-dealkylation sites (tertiary alicyclic amines) is 2. The molecule has 2 aliphatic rings. The van der Waals surface area contributed by atoms with Gasteiger partial charge in [-0.1, -0.05) is 11.6 Å². The number of amides is 3. The number of methoxy groups -OCH3 is 1. The van der Waals surface area contributed by atoms with E-state index in [2.05, 4.69) is 10.3 Å².